The molecule has 0 aliphatic rings. The molecule has 5 nitrogen and oxygen atoms in total. The molecule has 2 rings (SSSR count). The maximum absolute atomic E-state index is 14.2. The van der Waals surface area contributed by atoms with Crippen LogP contribution in [-0.2, 0) is 0 Å². The topological polar surface area (TPSA) is 75.0 Å². The average molecular weight is 390 g/mol. The number of hydrogen-bond acceptors (Lipinski definition) is 7. The highest BCUT2D eigenvalue weighted by molar-refractivity contribution is 8.00. The molecule has 0 radical (unpaired) electrons. The van der Waals surface area contributed by atoms with E-state index in [1.54, 1.807) is 12.3 Å². The molecule has 9 heteroatoms. The van der Waals surface area contributed by atoms with Gasteiger partial charge in [-0.3, -0.25) is 0 Å². The number of rotatable bonds is 11. The van der Waals surface area contributed by atoms with E-state index in [-0.39, 0.29) is 5.82 Å². The summed E-state index contributed by atoms with van der Waals surface area (Å²) in [6, 6.07) is 3.05. The largest absolute Gasteiger partial charge is 0.384 e. The molecule has 0 atom stereocenters. The van der Waals surface area contributed by atoms with Gasteiger partial charge in [-0.2, -0.15) is 0 Å². The molecule has 0 unspecified atom stereocenters. The standard InChI is InChI=1S/C15H21ClFN5S2/c16-11-9-14(24-22-15-21-7-8-23-15)12(17)10-13(11)20-5-2-1-4-19-6-3-18/h7-10,19-20H,1-6,18H2,(H,21,22). The molecule has 0 aliphatic heterocycles. The van der Waals surface area contributed by atoms with E-state index < -0.39 is 0 Å². The van der Waals surface area contributed by atoms with Gasteiger partial charge in [0.15, 0.2) is 5.13 Å². The van der Waals surface area contributed by atoms with Gasteiger partial charge in [-0.15, -0.1) is 11.3 Å². The van der Waals surface area contributed by atoms with E-state index in [0.29, 0.717) is 22.2 Å². The van der Waals surface area contributed by atoms with Gasteiger partial charge in [0.25, 0.3) is 0 Å². The molecule has 1 aromatic carbocycles. The van der Waals surface area contributed by atoms with Crippen LogP contribution in [0.5, 0.6) is 0 Å². The smallest absolute Gasteiger partial charge is 0.192 e. The molecule has 132 valence electrons. The summed E-state index contributed by atoms with van der Waals surface area (Å²) in [5, 5.41) is 9.49. The fourth-order valence-corrected chi connectivity index (χ4v) is 3.51. The number of unbranched alkanes of at least 4 members (excludes halogenated alkanes) is 1. The fraction of sp³-hybridized carbons (Fsp3) is 0.400. The van der Waals surface area contributed by atoms with Gasteiger partial charge in [-0.1, -0.05) is 11.6 Å². The monoisotopic (exact) mass is 389 g/mol. The van der Waals surface area contributed by atoms with Crippen LogP contribution in [0.15, 0.2) is 28.6 Å². The van der Waals surface area contributed by atoms with Crippen LogP contribution in [0, 0.1) is 5.82 Å². The zero-order valence-electron chi connectivity index (χ0n) is 13.1. The first-order valence-corrected chi connectivity index (χ1v) is 9.74. The van der Waals surface area contributed by atoms with Crippen molar-refractivity contribution in [3.05, 3.63) is 34.5 Å². The summed E-state index contributed by atoms with van der Waals surface area (Å²) in [4.78, 5) is 4.52. The van der Waals surface area contributed by atoms with Crippen LogP contribution in [0.4, 0.5) is 15.2 Å². The van der Waals surface area contributed by atoms with Gasteiger partial charge in [-0.05, 0) is 43.5 Å². The Morgan fingerprint density at radius 2 is 2.08 bits per heavy atom. The molecular weight excluding hydrogens is 369 g/mol. The minimum atomic E-state index is -0.319. The lowest BCUT2D eigenvalue weighted by atomic mass is 10.2. The number of hydrogen-bond donors (Lipinski definition) is 4. The Kier molecular flexibility index (Phi) is 8.62. The summed E-state index contributed by atoms with van der Waals surface area (Å²) in [5.41, 5.74) is 6.02. The molecule has 1 heterocycles. The highest BCUT2D eigenvalue weighted by Gasteiger charge is 2.10. The molecule has 0 amide bonds. The number of nitrogens with two attached hydrogens (primary N) is 1. The van der Waals surface area contributed by atoms with Gasteiger partial charge in [0, 0.05) is 31.2 Å². The van der Waals surface area contributed by atoms with Crippen LogP contribution in [0.1, 0.15) is 12.8 Å². The van der Waals surface area contributed by atoms with E-state index >= 15 is 0 Å². The van der Waals surface area contributed by atoms with Crippen LogP contribution in [0.2, 0.25) is 5.02 Å². The zero-order chi connectivity index (χ0) is 17.2. The zero-order valence-corrected chi connectivity index (χ0v) is 15.5. The maximum atomic E-state index is 14.2. The van der Waals surface area contributed by atoms with Crippen molar-refractivity contribution >= 4 is 45.7 Å². The minimum absolute atomic E-state index is 0.319. The summed E-state index contributed by atoms with van der Waals surface area (Å²) in [6.07, 6.45) is 3.69. The summed E-state index contributed by atoms with van der Waals surface area (Å²) in [6.45, 7) is 3.15. The Labute approximate surface area is 154 Å². The number of nitrogens with one attached hydrogen (secondary N) is 3. The van der Waals surface area contributed by atoms with E-state index in [4.69, 9.17) is 17.3 Å². The predicted molar refractivity (Wildman–Crippen MR) is 103 cm³/mol. The van der Waals surface area contributed by atoms with E-state index in [9.17, 15) is 4.39 Å². The molecule has 0 aliphatic carbocycles. The first kappa shape index (κ1) is 19.3. The number of nitrogens with zero attached hydrogens (tertiary/aromatic N) is 1. The second-order valence-electron chi connectivity index (χ2n) is 4.98. The van der Waals surface area contributed by atoms with Crippen molar-refractivity contribution in [3.8, 4) is 0 Å². The Hall–Kier alpha value is -1.06. The van der Waals surface area contributed by atoms with Crippen molar-refractivity contribution in [2.75, 3.05) is 36.2 Å². The van der Waals surface area contributed by atoms with E-state index in [0.717, 1.165) is 49.6 Å². The molecular formula is C15H21ClFN5S2. The Balaban J connectivity index is 1.78. The molecule has 0 saturated carbocycles. The van der Waals surface area contributed by atoms with Gasteiger partial charge in [0.05, 0.1) is 15.6 Å². The van der Waals surface area contributed by atoms with Crippen molar-refractivity contribution in [1.29, 1.82) is 0 Å². The maximum Gasteiger partial charge on any atom is 0.192 e. The Morgan fingerprint density at radius 1 is 1.25 bits per heavy atom. The molecule has 2 aromatic rings. The first-order chi connectivity index (χ1) is 11.7. The fourth-order valence-electron chi connectivity index (χ4n) is 1.94. The summed E-state index contributed by atoms with van der Waals surface area (Å²) in [5.74, 6) is -0.319. The number of aromatic nitrogens is 1. The highest BCUT2D eigenvalue weighted by Crippen LogP contribution is 2.32. The van der Waals surface area contributed by atoms with E-state index in [1.165, 1.54) is 17.4 Å². The third-order valence-corrected chi connectivity index (χ3v) is 5.08. The van der Waals surface area contributed by atoms with Gasteiger partial charge in [-0.25, -0.2) is 9.37 Å². The van der Waals surface area contributed by atoms with Gasteiger partial charge in [0.1, 0.15) is 5.82 Å². The van der Waals surface area contributed by atoms with Crippen molar-refractivity contribution < 1.29 is 4.39 Å². The summed E-state index contributed by atoms with van der Waals surface area (Å²) >= 11 is 8.85. The molecule has 0 fully saturated rings. The molecule has 0 bridgehead atoms. The van der Waals surface area contributed by atoms with E-state index in [2.05, 4.69) is 20.3 Å². The normalized spacial score (nSPS) is 10.8. The third-order valence-electron chi connectivity index (χ3n) is 3.12. The van der Waals surface area contributed by atoms with Crippen LogP contribution in [-0.4, -0.2) is 31.2 Å². The van der Waals surface area contributed by atoms with Gasteiger partial charge < -0.3 is 21.1 Å². The van der Waals surface area contributed by atoms with Crippen molar-refractivity contribution in [2.45, 2.75) is 17.7 Å². The number of benzene rings is 1. The highest BCUT2D eigenvalue weighted by atomic mass is 35.5. The van der Waals surface area contributed by atoms with Crippen LogP contribution >= 0.6 is 34.9 Å². The number of anilines is 2. The van der Waals surface area contributed by atoms with Crippen molar-refractivity contribution in [1.82, 2.24) is 10.3 Å². The lowest BCUT2D eigenvalue weighted by molar-refractivity contribution is 0.602. The Bertz CT molecular complexity index is 612. The number of halogens is 2. The average Bonchev–Trinajstić information content (AvgIpc) is 3.09. The van der Waals surface area contributed by atoms with Crippen LogP contribution in [0.3, 0.4) is 0 Å². The lowest BCUT2D eigenvalue weighted by Crippen LogP contribution is -2.23. The third kappa shape index (κ3) is 6.45. The SMILES string of the molecule is NCCNCCCCNc1cc(F)c(SNc2nccs2)cc1Cl. The molecule has 1 aromatic heterocycles. The van der Waals surface area contributed by atoms with Crippen LogP contribution < -0.4 is 21.1 Å². The van der Waals surface area contributed by atoms with Crippen molar-refractivity contribution in [2.24, 2.45) is 5.73 Å². The quantitative estimate of drug-likeness (QED) is 0.346. The molecule has 5 N–H and O–H groups in total. The summed E-state index contributed by atoms with van der Waals surface area (Å²) < 4.78 is 17.2. The minimum Gasteiger partial charge on any atom is -0.384 e. The second kappa shape index (κ2) is 10.7. The second-order valence-corrected chi connectivity index (χ2v) is 7.13. The molecule has 0 saturated heterocycles. The van der Waals surface area contributed by atoms with Crippen molar-refractivity contribution in [3.63, 3.8) is 0 Å². The predicted octanol–water partition coefficient (Wildman–Crippen LogP) is 3.80. The van der Waals surface area contributed by atoms with Gasteiger partial charge in [0.2, 0.25) is 0 Å². The lowest BCUT2D eigenvalue weighted by Gasteiger charge is -2.11. The van der Waals surface area contributed by atoms with Crippen LogP contribution in [0.25, 0.3) is 0 Å². The molecule has 24 heavy (non-hydrogen) atoms. The number of thiazole rings is 1. The van der Waals surface area contributed by atoms with E-state index in [1.807, 2.05) is 5.38 Å². The van der Waals surface area contributed by atoms with Gasteiger partial charge >= 0.3 is 0 Å². The molecule has 0 spiro atoms. The Morgan fingerprint density at radius 3 is 2.83 bits per heavy atom. The summed E-state index contributed by atoms with van der Waals surface area (Å²) in [7, 11) is 0. The first-order valence-electron chi connectivity index (χ1n) is 7.66.